The smallest absolute Gasteiger partial charge is 0.400 e. The van der Waals surface area contributed by atoms with E-state index in [2.05, 4.69) is 10.5 Å². The predicted octanol–water partition coefficient (Wildman–Crippen LogP) is 1.30. The average molecular weight is 285 g/mol. The summed E-state index contributed by atoms with van der Waals surface area (Å²) < 4.78 is 37.7. The fourth-order valence-corrected chi connectivity index (χ4v) is 1.63. The molecule has 0 aromatic carbocycles. The Morgan fingerprint density at radius 3 is 2.16 bits per heavy atom. The summed E-state index contributed by atoms with van der Waals surface area (Å²) in [6, 6.07) is 0. The Balaban J connectivity index is 4.29. The molecule has 0 amide bonds. The molecule has 0 aromatic heterocycles. The number of hydrogen-bond acceptors (Lipinski definition) is 4. The van der Waals surface area contributed by atoms with Crippen LogP contribution in [0.4, 0.5) is 13.2 Å². The van der Waals surface area contributed by atoms with Crippen molar-refractivity contribution in [2.45, 2.75) is 39.5 Å². The Bertz CT molecular complexity index is 301. The van der Waals surface area contributed by atoms with E-state index < -0.39 is 30.6 Å². The number of oxime groups is 1. The zero-order valence-electron chi connectivity index (χ0n) is 11.3. The van der Waals surface area contributed by atoms with E-state index in [-0.39, 0.29) is 12.0 Å². The number of aliphatic hydroxyl groups excluding tert-OH is 1. The minimum atomic E-state index is -4.60. The first-order valence-electron chi connectivity index (χ1n) is 5.90. The summed E-state index contributed by atoms with van der Waals surface area (Å²) in [5, 5.41) is 22.8. The number of nitrogens with zero attached hydrogens (tertiary/aromatic N) is 1. The van der Waals surface area contributed by atoms with Crippen LogP contribution in [0.5, 0.6) is 0 Å². The fraction of sp³-hybridized carbons (Fsp3) is 0.909. The van der Waals surface area contributed by atoms with Gasteiger partial charge in [0.15, 0.2) is 5.84 Å². The van der Waals surface area contributed by atoms with Crippen LogP contribution < -0.4 is 11.1 Å². The highest BCUT2D eigenvalue weighted by molar-refractivity contribution is 5.83. The number of rotatable bonds is 6. The van der Waals surface area contributed by atoms with Gasteiger partial charge in [-0.05, 0) is 11.8 Å². The van der Waals surface area contributed by atoms with E-state index >= 15 is 0 Å². The summed E-state index contributed by atoms with van der Waals surface area (Å²) in [6.45, 7) is 5.24. The first-order valence-corrected chi connectivity index (χ1v) is 5.90. The summed E-state index contributed by atoms with van der Waals surface area (Å²) in [5.74, 6) is -2.97. The van der Waals surface area contributed by atoms with E-state index in [1.807, 2.05) is 20.8 Å². The van der Waals surface area contributed by atoms with Crippen molar-refractivity contribution >= 4 is 5.84 Å². The molecular formula is C11H22F3N3O2. The van der Waals surface area contributed by atoms with Gasteiger partial charge in [-0.1, -0.05) is 25.9 Å². The first-order chi connectivity index (χ1) is 8.47. The first kappa shape index (κ1) is 18.0. The molecule has 0 heterocycles. The lowest BCUT2D eigenvalue weighted by molar-refractivity contribution is -0.155. The fourth-order valence-electron chi connectivity index (χ4n) is 1.63. The Kier molecular flexibility index (Phi) is 6.58. The van der Waals surface area contributed by atoms with Crippen LogP contribution in [0.25, 0.3) is 0 Å². The van der Waals surface area contributed by atoms with Crippen LogP contribution in [0.3, 0.4) is 0 Å². The molecule has 0 aliphatic rings. The van der Waals surface area contributed by atoms with Crippen LogP contribution in [0, 0.1) is 11.3 Å². The molecule has 5 N–H and O–H groups in total. The maximum absolute atomic E-state index is 12.6. The van der Waals surface area contributed by atoms with Gasteiger partial charge in [-0.2, -0.15) is 13.2 Å². The van der Waals surface area contributed by atoms with Crippen LogP contribution in [0.2, 0.25) is 0 Å². The summed E-state index contributed by atoms with van der Waals surface area (Å²) in [4.78, 5) is 0. The number of hydrogen-bond donors (Lipinski definition) is 4. The van der Waals surface area contributed by atoms with Gasteiger partial charge in [-0.15, -0.1) is 0 Å². The lowest BCUT2D eigenvalue weighted by atomic mass is 9.89. The Morgan fingerprint density at radius 2 is 1.79 bits per heavy atom. The molecule has 0 fully saturated rings. The van der Waals surface area contributed by atoms with Gasteiger partial charge >= 0.3 is 6.18 Å². The summed E-state index contributed by atoms with van der Waals surface area (Å²) in [6.07, 6.45) is -4.89. The minimum Gasteiger partial charge on any atom is -0.409 e. The number of halogens is 3. The maximum atomic E-state index is 12.6. The molecule has 0 rings (SSSR count). The SMILES string of the molecule is CC(C)(C)CC(O)CNCC(C(N)=NO)C(F)(F)F. The molecule has 2 unspecified atom stereocenters. The Hall–Kier alpha value is -1.02. The van der Waals surface area contributed by atoms with Gasteiger partial charge in [0.05, 0.1) is 6.10 Å². The average Bonchev–Trinajstić information content (AvgIpc) is 2.19. The molecule has 0 saturated heterocycles. The molecule has 5 nitrogen and oxygen atoms in total. The highest BCUT2D eigenvalue weighted by atomic mass is 19.4. The van der Waals surface area contributed by atoms with E-state index in [1.165, 1.54) is 0 Å². The van der Waals surface area contributed by atoms with Gasteiger partial charge in [-0.25, -0.2) is 0 Å². The maximum Gasteiger partial charge on any atom is 0.400 e. The summed E-state index contributed by atoms with van der Waals surface area (Å²) in [5.41, 5.74) is 4.88. The lowest BCUT2D eigenvalue weighted by Crippen LogP contribution is -2.44. The van der Waals surface area contributed by atoms with Crippen molar-refractivity contribution in [3.63, 3.8) is 0 Å². The van der Waals surface area contributed by atoms with Gasteiger partial charge in [0.1, 0.15) is 5.92 Å². The molecule has 0 bridgehead atoms. The molecule has 8 heteroatoms. The highest BCUT2D eigenvalue weighted by Crippen LogP contribution is 2.26. The van der Waals surface area contributed by atoms with E-state index in [4.69, 9.17) is 10.9 Å². The zero-order chi connectivity index (χ0) is 15.3. The molecule has 0 spiro atoms. The normalized spacial score (nSPS) is 17.3. The van der Waals surface area contributed by atoms with E-state index in [9.17, 15) is 18.3 Å². The van der Waals surface area contributed by atoms with Crippen LogP contribution in [-0.4, -0.2) is 41.5 Å². The van der Waals surface area contributed by atoms with Crippen LogP contribution in [0.15, 0.2) is 5.16 Å². The van der Waals surface area contributed by atoms with Crippen molar-refractivity contribution in [3.8, 4) is 0 Å². The Labute approximate surface area is 110 Å². The summed E-state index contributed by atoms with van der Waals surface area (Å²) in [7, 11) is 0. The molecule has 2 atom stereocenters. The molecule has 114 valence electrons. The highest BCUT2D eigenvalue weighted by Gasteiger charge is 2.42. The van der Waals surface area contributed by atoms with Gasteiger partial charge in [0.2, 0.25) is 0 Å². The second-order valence-electron chi connectivity index (χ2n) is 5.70. The molecule has 0 saturated carbocycles. The van der Waals surface area contributed by atoms with Crippen molar-refractivity contribution in [2.24, 2.45) is 22.2 Å². The minimum absolute atomic E-state index is 0.0164. The van der Waals surface area contributed by atoms with Crippen molar-refractivity contribution in [2.75, 3.05) is 13.1 Å². The third-order valence-electron chi connectivity index (χ3n) is 2.44. The zero-order valence-corrected chi connectivity index (χ0v) is 11.3. The number of alkyl halides is 3. The molecule has 0 aliphatic carbocycles. The van der Waals surface area contributed by atoms with E-state index in [0.717, 1.165) is 0 Å². The molecular weight excluding hydrogens is 263 g/mol. The quantitative estimate of drug-likeness (QED) is 0.256. The van der Waals surface area contributed by atoms with Gasteiger partial charge < -0.3 is 21.4 Å². The third kappa shape index (κ3) is 7.89. The topological polar surface area (TPSA) is 90.9 Å². The second-order valence-corrected chi connectivity index (χ2v) is 5.70. The third-order valence-corrected chi connectivity index (χ3v) is 2.44. The lowest BCUT2D eigenvalue weighted by Gasteiger charge is -2.24. The number of aliphatic hydroxyl groups is 1. The molecule has 0 aliphatic heterocycles. The van der Waals surface area contributed by atoms with E-state index in [0.29, 0.717) is 6.42 Å². The molecule has 0 aromatic rings. The largest absolute Gasteiger partial charge is 0.409 e. The monoisotopic (exact) mass is 285 g/mol. The second kappa shape index (κ2) is 6.95. The number of amidine groups is 1. The Morgan fingerprint density at radius 1 is 1.26 bits per heavy atom. The standard InChI is InChI=1S/C11H22F3N3O2/c1-10(2,3)4-7(18)5-16-6-8(9(15)17-19)11(12,13)14/h7-8,16,18-19H,4-6H2,1-3H3,(H2,15,17). The van der Waals surface area contributed by atoms with Crippen molar-refractivity contribution in [1.29, 1.82) is 0 Å². The molecule has 19 heavy (non-hydrogen) atoms. The number of nitrogens with one attached hydrogen (secondary N) is 1. The van der Waals surface area contributed by atoms with Crippen LogP contribution in [0.1, 0.15) is 27.2 Å². The van der Waals surface area contributed by atoms with Gasteiger partial charge in [-0.3, -0.25) is 0 Å². The van der Waals surface area contributed by atoms with Crippen molar-refractivity contribution in [1.82, 2.24) is 5.32 Å². The van der Waals surface area contributed by atoms with Crippen molar-refractivity contribution in [3.05, 3.63) is 0 Å². The predicted molar refractivity (Wildman–Crippen MR) is 65.9 cm³/mol. The van der Waals surface area contributed by atoms with Crippen LogP contribution in [-0.2, 0) is 0 Å². The summed E-state index contributed by atoms with van der Waals surface area (Å²) >= 11 is 0. The number of nitrogens with two attached hydrogens (primary N) is 1. The van der Waals surface area contributed by atoms with Gasteiger partial charge in [0, 0.05) is 13.1 Å². The van der Waals surface area contributed by atoms with Crippen LogP contribution >= 0.6 is 0 Å². The molecule has 0 radical (unpaired) electrons. The van der Waals surface area contributed by atoms with E-state index in [1.54, 1.807) is 0 Å². The van der Waals surface area contributed by atoms with Gasteiger partial charge in [0.25, 0.3) is 0 Å². The van der Waals surface area contributed by atoms with Crippen molar-refractivity contribution < 1.29 is 23.5 Å².